The van der Waals surface area contributed by atoms with Crippen LogP contribution >= 0.6 is 11.6 Å². The molecule has 0 spiro atoms. The van der Waals surface area contributed by atoms with Gasteiger partial charge in [-0.15, -0.1) is 0 Å². The molecule has 0 aliphatic rings. The maximum Gasteiger partial charge on any atom is 0.242 e. The molecule has 29 heavy (non-hydrogen) atoms. The van der Waals surface area contributed by atoms with Gasteiger partial charge in [0.05, 0.1) is 11.3 Å². The van der Waals surface area contributed by atoms with Gasteiger partial charge in [0.15, 0.2) is 0 Å². The summed E-state index contributed by atoms with van der Waals surface area (Å²) < 4.78 is 26.6. The minimum Gasteiger partial charge on any atom is -0.361 e. The summed E-state index contributed by atoms with van der Waals surface area (Å²) in [5, 5.41) is 1.23. The van der Waals surface area contributed by atoms with Gasteiger partial charge < -0.3 is 4.98 Å². The van der Waals surface area contributed by atoms with Crippen molar-refractivity contribution in [2.24, 2.45) is 0 Å². The van der Waals surface area contributed by atoms with Gasteiger partial charge in [0.1, 0.15) is 0 Å². The maximum absolute atomic E-state index is 12.1. The molecule has 1 heterocycles. The van der Waals surface area contributed by atoms with Crippen LogP contribution in [0.5, 0.6) is 0 Å². The Morgan fingerprint density at radius 3 is 2.55 bits per heavy atom. The number of para-hydroxylation sites is 1. The van der Waals surface area contributed by atoms with Gasteiger partial charge in [-0.2, -0.15) is 0 Å². The Morgan fingerprint density at radius 1 is 1.00 bits per heavy atom. The molecule has 3 aromatic rings. The lowest BCUT2D eigenvalue weighted by atomic mass is 10.1. The summed E-state index contributed by atoms with van der Waals surface area (Å²) in [5.74, 6) is -0.909. The SMILES string of the molecule is O=C(CCNS(=O)(=O)c1cccc(Cl)c1)NNC(=O)Cc1c[nH]c2ccccc12. The van der Waals surface area contributed by atoms with E-state index in [1.807, 2.05) is 24.3 Å². The molecule has 1 aromatic heterocycles. The Morgan fingerprint density at radius 2 is 1.76 bits per heavy atom. The van der Waals surface area contributed by atoms with Gasteiger partial charge >= 0.3 is 0 Å². The number of nitrogens with one attached hydrogen (secondary N) is 4. The van der Waals surface area contributed by atoms with Crippen LogP contribution in [-0.2, 0) is 26.0 Å². The van der Waals surface area contributed by atoms with Crippen molar-refractivity contribution in [1.82, 2.24) is 20.6 Å². The number of H-pyrrole nitrogens is 1. The highest BCUT2D eigenvalue weighted by molar-refractivity contribution is 7.89. The first-order valence-electron chi connectivity index (χ1n) is 8.73. The van der Waals surface area contributed by atoms with Crippen LogP contribution in [0.3, 0.4) is 0 Å². The molecular weight excluding hydrogens is 416 g/mol. The van der Waals surface area contributed by atoms with Crippen LogP contribution in [0.2, 0.25) is 5.02 Å². The van der Waals surface area contributed by atoms with Crippen molar-refractivity contribution in [2.75, 3.05) is 6.54 Å². The first kappa shape index (κ1) is 20.8. The second-order valence-electron chi connectivity index (χ2n) is 6.24. The summed E-state index contributed by atoms with van der Waals surface area (Å²) >= 11 is 5.79. The number of halogens is 1. The largest absolute Gasteiger partial charge is 0.361 e. The van der Waals surface area contributed by atoms with E-state index >= 15 is 0 Å². The molecule has 0 unspecified atom stereocenters. The molecule has 0 saturated heterocycles. The third-order valence-corrected chi connectivity index (χ3v) is 5.81. The Hall–Kier alpha value is -2.88. The highest BCUT2D eigenvalue weighted by atomic mass is 35.5. The number of hydrogen-bond donors (Lipinski definition) is 4. The Labute approximate surface area is 172 Å². The second kappa shape index (κ2) is 9.08. The summed E-state index contributed by atoms with van der Waals surface area (Å²) in [6.45, 7) is -0.126. The van der Waals surface area contributed by atoms with E-state index in [-0.39, 0.29) is 30.2 Å². The van der Waals surface area contributed by atoms with Crippen LogP contribution in [-0.4, -0.2) is 31.8 Å². The molecule has 152 valence electrons. The highest BCUT2D eigenvalue weighted by Crippen LogP contribution is 2.18. The van der Waals surface area contributed by atoms with Crippen molar-refractivity contribution >= 4 is 44.3 Å². The quantitative estimate of drug-likeness (QED) is 0.424. The third-order valence-electron chi connectivity index (χ3n) is 4.12. The number of aromatic nitrogens is 1. The fraction of sp³-hybridized carbons (Fsp3) is 0.158. The molecule has 10 heteroatoms. The van der Waals surface area contributed by atoms with Gasteiger partial charge in [0.25, 0.3) is 0 Å². The highest BCUT2D eigenvalue weighted by Gasteiger charge is 2.15. The fourth-order valence-corrected chi connectivity index (χ4v) is 4.05. The van der Waals surface area contributed by atoms with E-state index in [2.05, 4.69) is 20.6 Å². The third kappa shape index (κ3) is 5.57. The van der Waals surface area contributed by atoms with E-state index in [9.17, 15) is 18.0 Å². The number of aromatic amines is 1. The van der Waals surface area contributed by atoms with Crippen LogP contribution < -0.4 is 15.6 Å². The first-order valence-corrected chi connectivity index (χ1v) is 10.6. The molecule has 0 radical (unpaired) electrons. The summed E-state index contributed by atoms with van der Waals surface area (Å²) in [6, 6.07) is 13.4. The second-order valence-corrected chi connectivity index (χ2v) is 8.44. The van der Waals surface area contributed by atoms with Crippen molar-refractivity contribution < 1.29 is 18.0 Å². The molecule has 0 atom stereocenters. The van der Waals surface area contributed by atoms with E-state index in [4.69, 9.17) is 11.6 Å². The van der Waals surface area contributed by atoms with Gasteiger partial charge in [-0.25, -0.2) is 13.1 Å². The van der Waals surface area contributed by atoms with E-state index in [1.165, 1.54) is 18.2 Å². The average molecular weight is 435 g/mol. The molecule has 0 aliphatic carbocycles. The maximum atomic E-state index is 12.1. The minimum absolute atomic E-state index is 0.0115. The van der Waals surface area contributed by atoms with Crippen LogP contribution in [0, 0.1) is 0 Å². The van der Waals surface area contributed by atoms with Crippen molar-refractivity contribution in [3.63, 3.8) is 0 Å². The van der Waals surface area contributed by atoms with Crippen LogP contribution in [0.15, 0.2) is 59.6 Å². The molecule has 2 aromatic carbocycles. The van der Waals surface area contributed by atoms with Crippen molar-refractivity contribution in [3.05, 3.63) is 65.3 Å². The molecule has 3 rings (SSSR count). The van der Waals surface area contributed by atoms with Crippen LogP contribution in [0.1, 0.15) is 12.0 Å². The number of carbonyl (C=O) groups excluding carboxylic acids is 2. The molecular formula is C19H19ClN4O4S. The first-order chi connectivity index (χ1) is 13.8. The molecule has 0 saturated carbocycles. The predicted molar refractivity (Wildman–Crippen MR) is 110 cm³/mol. The zero-order valence-electron chi connectivity index (χ0n) is 15.2. The number of sulfonamides is 1. The molecule has 0 fully saturated rings. The van der Waals surface area contributed by atoms with E-state index < -0.39 is 15.9 Å². The normalized spacial score (nSPS) is 11.3. The topological polar surface area (TPSA) is 120 Å². The minimum atomic E-state index is -3.77. The molecule has 8 nitrogen and oxygen atoms in total. The van der Waals surface area contributed by atoms with Crippen molar-refractivity contribution in [1.29, 1.82) is 0 Å². The summed E-state index contributed by atoms with van der Waals surface area (Å²) in [5.41, 5.74) is 6.33. The number of benzene rings is 2. The van der Waals surface area contributed by atoms with E-state index in [0.29, 0.717) is 5.02 Å². The summed E-state index contributed by atoms with van der Waals surface area (Å²) in [7, 11) is -3.77. The number of rotatable bonds is 7. The van der Waals surface area contributed by atoms with Gasteiger partial charge in [-0.1, -0.05) is 35.9 Å². The molecule has 2 amide bonds. The number of amides is 2. The summed E-state index contributed by atoms with van der Waals surface area (Å²) in [4.78, 5) is 27.0. The smallest absolute Gasteiger partial charge is 0.242 e. The molecule has 0 bridgehead atoms. The number of hydrogen-bond acceptors (Lipinski definition) is 4. The van der Waals surface area contributed by atoms with E-state index in [1.54, 1.807) is 12.3 Å². The monoisotopic (exact) mass is 434 g/mol. The average Bonchev–Trinajstić information content (AvgIpc) is 3.09. The Balaban J connectivity index is 1.43. The number of fused-ring (bicyclic) bond motifs is 1. The number of carbonyl (C=O) groups is 2. The lowest BCUT2D eigenvalue weighted by Gasteiger charge is -2.09. The van der Waals surface area contributed by atoms with Crippen molar-refractivity contribution in [2.45, 2.75) is 17.7 Å². The van der Waals surface area contributed by atoms with Gasteiger partial charge in [0, 0.05) is 35.1 Å². The predicted octanol–water partition coefficient (Wildman–Crippen LogP) is 1.88. The zero-order valence-corrected chi connectivity index (χ0v) is 16.8. The zero-order chi connectivity index (χ0) is 20.9. The van der Waals surface area contributed by atoms with Gasteiger partial charge in [-0.3, -0.25) is 20.4 Å². The lowest BCUT2D eigenvalue weighted by Crippen LogP contribution is -2.43. The van der Waals surface area contributed by atoms with Gasteiger partial charge in [-0.05, 0) is 29.8 Å². The van der Waals surface area contributed by atoms with Crippen LogP contribution in [0.4, 0.5) is 0 Å². The molecule has 0 aliphatic heterocycles. The number of hydrazine groups is 1. The Bertz CT molecular complexity index is 1140. The summed E-state index contributed by atoms with van der Waals surface area (Å²) in [6.07, 6.45) is 1.69. The van der Waals surface area contributed by atoms with Crippen LogP contribution in [0.25, 0.3) is 10.9 Å². The fourth-order valence-electron chi connectivity index (χ4n) is 2.71. The van der Waals surface area contributed by atoms with E-state index in [0.717, 1.165) is 16.5 Å². The molecule has 4 N–H and O–H groups in total. The standard InChI is InChI=1S/C19H19ClN4O4S/c20-14-4-3-5-15(11-14)29(27,28)22-9-8-18(25)23-24-19(26)10-13-12-21-17-7-2-1-6-16(13)17/h1-7,11-12,21-22H,8-10H2,(H,23,25)(H,24,26). The Kier molecular flexibility index (Phi) is 6.53. The van der Waals surface area contributed by atoms with Gasteiger partial charge in [0.2, 0.25) is 21.8 Å². The lowest BCUT2D eigenvalue weighted by molar-refractivity contribution is -0.128. The van der Waals surface area contributed by atoms with Crippen molar-refractivity contribution in [3.8, 4) is 0 Å².